The summed E-state index contributed by atoms with van der Waals surface area (Å²) in [6, 6.07) is 1.84. The number of hydrogen-bond acceptors (Lipinski definition) is 3. The Kier molecular flexibility index (Phi) is 1.91. The van der Waals surface area contributed by atoms with E-state index in [4.69, 9.17) is 4.42 Å². The van der Waals surface area contributed by atoms with Crippen molar-refractivity contribution < 1.29 is 4.42 Å². The van der Waals surface area contributed by atoms with Crippen LogP contribution < -0.4 is 0 Å². The summed E-state index contributed by atoms with van der Waals surface area (Å²) in [4.78, 5) is 7.78. The first-order chi connectivity index (χ1) is 5.88. The van der Waals surface area contributed by atoms with E-state index in [1.54, 1.807) is 18.7 Å². The molecule has 2 aromatic rings. The minimum atomic E-state index is 0.760. The maximum Gasteiger partial charge on any atom is 0.151 e. The maximum absolute atomic E-state index is 5.22. The number of nitrogens with zero attached hydrogens (tertiary/aromatic N) is 2. The van der Waals surface area contributed by atoms with Crippen molar-refractivity contribution in [2.24, 2.45) is 0 Å². The van der Waals surface area contributed by atoms with Crippen molar-refractivity contribution in [2.45, 2.75) is 0 Å². The van der Waals surface area contributed by atoms with Gasteiger partial charge in [0.25, 0.3) is 0 Å². The Bertz CT molecular complexity index is 372. The van der Waals surface area contributed by atoms with Crippen LogP contribution in [-0.2, 0) is 0 Å². The smallest absolute Gasteiger partial charge is 0.151 e. The van der Waals surface area contributed by atoms with Gasteiger partial charge in [-0.3, -0.25) is 0 Å². The highest BCUT2D eigenvalue weighted by atomic mass is 79.9. The van der Waals surface area contributed by atoms with E-state index in [2.05, 4.69) is 25.9 Å². The van der Waals surface area contributed by atoms with Crippen molar-refractivity contribution in [3.63, 3.8) is 0 Å². The fourth-order valence-electron chi connectivity index (χ4n) is 0.916. The van der Waals surface area contributed by atoms with Gasteiger partial charge in [0.1, 0.15) is 6.33 Å². The van der Waals surface area contributed by atoms with Crippen molar-refractivity contribution in [3.05, 3.63) is 35.5 Å². The van der Waals surface area contributed by atoms with Gasteiger partial charge >= 0.3 is 0 Å². The summed E-state index contributed by atoms with van der Waals surface area (Å²) in [6.07, 6.45) is 6.51. The molecule has 0 fully saturated rings. The molecule has 60 valence electrons. The van der Waals surface area contributed by atoms with Gasteiger partial charge in [-0.1, -0.05) is 0 Å². The zero-order valence-corrected chi connectivity index (χ0v) is 7.65. The van der Waals surface area contributed by atoms with Crippen LogP contribution in [0.4, 0.5) is 0 Å². The predicted octanol–water partition coefficient (Wildman–Crippen LogP) is 2.50. The highest BCUT2D eigenvalue weighted by Crippen LogP contribution is 2.27. The standard InChI is InChI=1S/C8H5BrN2O/c9-7-1-2-12-8(7)6-3-10-5-11-4-6/h1-5H. The molecule has 0 saturated heterocycles. The quantitative estimate of drug-likeness (QED) is 0.748. The van der Waals surface area contributed by atoms with Crippen LogP contribution in [0.15, 0.2) is 39.9 Å². The van der Waals surface area contributed by atoms with E-state index in [0.29, 0.717) is 0 Å². The van der Waals surface area contributed by atoms with Crippen LogP contribution in [0.1, 0.15) is 0 Å². The lowest BCUT2D eigenvalue weighted by molar-refractivity contribution is 0.580. The second-order valence-corrected chi connectivity index (χ2v) is 3.08. The molecule has 0 bridgehead atoms. The maximum atomic E-state index is 5.22. The first kappa shape index (κ1) is 7.49. The van der Waals surface area contributed by atoms with Crippen molar-refractivity contribution in [2.75, 3.05) is 0 Å². The van der Waals surface area contributed by atoms with Crippen LogP contribution in [0.25, 0.3) is 11.3 Å². The highest BCUT2D eigenvalue weighted by molar-refractivity contribution is 9.10. The molecule has 2 heterocycles. The molecule has 0 atom stereocenters. The van der Waals surface area contributed by atoms with Gasteiger partial charge in [0.2, 0.25) is 0 Å². The van der Waals surface area contributed by atoms with Crippen LogP contribution in [0.3, 0.4) is 0 Å². The number of rotatable bonds is 1. The van der Waals surface area contributed by atoms with Crippen molar-refractivity contribution >= 4 is 15.9 Å². The molecule has 0 spiro atoms. The van der Waals surface area contributed by atoms with Crippen LogP contribution in [-0.4, -0.2) is 9.97 Å². The van der Waals surface area contributed by atoms with E-state index in [-0.39, 0.29) is 0 Å². The molecule has 2 aromatic heterocycles. The van der Waals surface area contributed by atoms with Gasteiger partial charge in [-0.25, -0.2) is 9.97 Å². The van der Waals surface area contributed by atoms with Gasteiger partial charge in [-0.15, -0.1) is 0 Å². The summed E-state index contributed by atoms with van der Waals surface area (Å²) in [6.45, 7) is 0. The first-order valence-corrected chi connectivity index (χ1v) is 4.15. The summed E-state index contributed by atoms with van der Waals surface area (Å²) in [7, 11) is 0. The average Bonchev–Trinajstić information content (AvgIpc) is 2.53. The Morgan fingerprint density at radius 2 is 2.00 bits per heavy atom. The minimum absolute atomic E-state index is 0.760. The van der Waals surface area contributed by atoms with Crippen LogP contribution in [0, 0.1) is 0 Å². The number of aromatic nitrogens is 2. The molecule has 2 rings (SSSR count). The second kappa shape index (κ2) is 3.06. The van der Waals surface area contributed by atoms with E-state index in [0.717, 1.165) is 15.8 Å². The van der Waals surface area contributed by atoms with Crippen molar-refractivity contribution in [1.82, 2.24) is 9.97 Å². The summed E-state index contributed by atoms with van der Waals surface area (Å²) >= 11 is 3.35. The van der Waals surface area contributed by atoms with Gasteiger partial charge in [0.05, 0.1) is 16.3 Å². The van der Waals surface area contributed by atoms with Crippen LogP contribution >= 0.6 is 15.9 Å². The SMILES string of the molecule is Brc1ccoc1-c1cncnc1. The summed E-state index contributed by atoms with van der Waals surface area (Å²) in [5.74, 6) is 0.760. The molecule has 0 aliphatic carbocycles. The normalized spacial score (nSPS) is 10.1. The van der Waals surface area contributed by atoms with Gasteiger partial charge < -0.3 is 4.42 Å². The third-order valence-electron chi connectivity index (χ3n) is 1.44. The summed E-state index contributed by atoms with van der Waals surface area (Å²) in [5.41, 5.74) is 0.870. The molecule has 0 radical (unpaired) electrons. The Balaban J connectivity index is 2.51. The zero-order valence-electron chi connectivity index (χ0n) is 6.07. The van der Waals surface area contributed by atoms with Crippen molar-refractivity contribution in [3.8, 4) is 11.3 Å². The fourth-order valence-corrected chi connectivity index (χ4v) is 1.35. The molecule has 0 N–H and O–H groups in total. The molecule has 0 aliphatic heterocycles. The van der Waals surface area contributed by atoms with Crippen molar-refractivity contribution in [1.29, 1.82) is 0 Å². The molecular weight excluding hydrogens is 220 g/mol. The highest BCUT2D eigenvalue weighted by Gasteiger charge is 2.05. The lowest BCUT2D eigenvalue weighted by Crippen LogP contribution is -1.79. The number of furan rings is 1. The number of hydrogen-bond donors (Lipinski definition) is 0. The Labute approximate surface area is 77.6 Å². The monoisotopic (exact) mass is 224 g/mol. The van der Waals surface area contributed by atoms with Gasteiger partial charge in [0, 0.05) is 12.4 Å². The van der Waals surface area contributed by atoms with E-state index in [1.165, 1.54) is 6.33 Å². The lowest BCUT2D eigenvalue weighted by atomic mass is 10.3. The summed E-state index contributed by atoms with van der Waals surface area (Å²) < 4.78 is 6.14. The molecule has 4 heteroatoms. The molecule has 12 heavy (non-hydrogen) atoms. The average molecular weight is 225 g/mol. The topological polar surface area (TPSA) is 38.9 Å². The predicted molar refractivity (Wildman–Crippen MR) is 47.4 cm³/mol. The molecule has 0 amide bonds. The Morgan fingerprint density at radius 3 is 2.58 bits per heavy atom. The molecule has 0 unspecified atom stereocenters. The first-order valence-electron chi connectivity index (χ1n) is 3.36. The second-order valence-electron chi connectivity index (χ2n) is 2.22. The minimum Gasteiger partial charge on any atom is -0.463 e. The van der Waals surface area contributed by atoms with Gasteiger partial charge in [0.15, 0.2) is 5.76 Å². The zero-order chi connectivity index (χ0) is 8.39. The van der Waals surface area contributed by atoms with E-state index >= 15 is 0 Å². The van der Waals surface area contributed by atoms with E-state index < -0.39 is 0 Å². The third-order valence-corrected chi connectivity index (χ3v) is 2.06. The summed E-state index contributed by atoms with van der Waals surface area (Å²) in [5, 5.41) is 0. The third kappa shape index (κ3) is 1.25. The Morgan fingerprint density at radius 1 is 1.25 bits per heavy atom. The Hall–Kier alpha value is -1.16. The molecule has 0 aliphatic rings. The van der Waals surface area contributed by atoms with E-state index in [9.17, 15) is 0 Å². The molecule has 0 saturated carbocycles. The van der Waals surface area contributed by atoms with Gasteiger partial charge in [-0.2, -0.15) is 0 Å². The molecular formula is C8H5BrN2O. The van der Waals surface area contributed by atoms with Gasteiger partial charge in [-0.05, 0) is 22.0 Å². The van der Waals surface area contributed by atoms with E-state index in [1.807, 2.05) is 6.07 Å². The fraction of sp³-hybridized carbons (Fsp3) is 0. The largest absolute Gasteiger partial charge is 0.463 e. The molecule has 0 aromatic carbocycles. The number of halogens is 1. The lowest BCUT2D eigenvalue weighted by Gasteiger charge is -1.93. The van der Waals surface area contributed by atoms with Crippen LogP contribution in [0.5, 0.6) is 0 Å². The molecule has 3 nitrogen and oxygen atoms in total. The van der Waals surface area contributed by atoms with Crippen LogP contribution in [0.2, 0.25) is 0 Å².